The van der Waals surface area contributed by atoms with Crippen LogP contribution in [0.1, 0.15) is 33.1 Å². The number of aliphatic hydroxyl groups excluding tert-OH is 1. The highest BCUT2D eigenvalue weighted by molar-refractivity contribution is 7.89. The molecule has 0 aromatic carbocycles. The summed E-state index contributed by atoms with van der Waals surface area (Å²) in [4.78, 5) is 11.8. The normalized spacial score (nSPS) is 26.3. The molecule has 0 amide bonds. The molecule has 1 aliphatic rings. The van der Waals surface area contributed by atoms with Gasteiger partial charge in [-0.1, -0.05) is 13.3 Å². The smallest absolute Gasteiger partial charge is 0.313 e. The van der Waals surface area contributed by atoms with Crippen molar-refractivity contribution in [2.24, 2.45) is 5.41 Å². The highest BCUT2D eigenvalue weighted by Gasteiger charge is 2.51. The van der Waals surface area contributed by atoms with E-state index in [9.17, 15) is 23.4 Å². The lowest BCUT2D eigenvalue weighted by Gasteiger charge is -2.42. The summed E-state index contributed by atoms with van der Waals surface area (Å²) in [5.41, 5.74) is -1.46. The topological polar surface area (TPSA) is 113 Å². The SMILES string of the molecule is CCC[C@@]1(C(=O)O)CN(S(=O)(=O)c2cnn(CC)c2)CC[C@H]1O. The fourth-order valence-electron chi connectivity index (χ4n) is 3.06. The van der Waals surface area contributed by atoms with Crippen LogP contribution in [0.3, 0.4) is 0 Å². The van der Waals surface area contributed by atoms with Crippen LogP contribution in [-0.4, -0.2) is 57.9 Å². The molecule has 0 saturated carbocycles. The average Bonchev–Trinajstić information content (AvgIpc) is 2.99. The summed E-state index contributed by atoms with van der Waals surface area (Å²) in [6, 6.07) is 0. The van der Waals surface area contributed by atoms with Crippen LogP contribution in [0, 0.1) is 5.41 Å². The van der Waals surface area contributed by atoms with Gasteiger partial charge in [-0.15, -0.1) is 0 Å². The minimum atomic E-state index is -3.82. The monoisotopic (exact) mass is 345 g/mol. The summed E-state index contributed by atoms with van der Waals surface area (Å²) in [6.07, 6.45) is 2.53. The molecule has 130 valence electrons. The maximum atomic E-state index is 12.7. The number of carbonyl (C=O) groups is 1. The first-order chi connectivity index (χ1) is 10.8. The first-order valence-corrected chi connectivity index (χ1v) is 9.16. The molecule has 2 heterocycles. The largest absolute Gasteiger partial charge is 0.481 e. The zero-order valence-electron chi connectivity index (χ0n) is 13.3. The van der Waals surface area contributed by atoms with Crippen molar-refractivity contribution in [3.05, 3.63) is 12.4 Å². The van der Waals surface area contributed by atoms with Crippen molar-refractivity contribution in [1.82, 2.24) is 14.1 Å². The first-order valence-electron chi connectivity index (χ1n) is 7.72. The number of aromatic nitrogens is 2. The summed E-state index contributed by atoms with van der Waals surface area (Å²) in [5.74, 6) is -1.16. The molecule has 2 atom stereocenters. The van der Waals surface area contributed by atoms with Crippen LogP contribution < -0.4 is 0 Å². The van der Waals surface area contributed by atoms with Crippen LogP contribution in [0.15, 0.2) is 17.3 Å². The van der Waals surface area contributed by atoms with Gasteiger partial charge in [0.05, 0.1) is 12.3 Å². The van der Waals surface area contributed by atoms with Gasteiger partial charge in [0, 0.05) is 25.8 Å². The van der Waals surface area contributed by atoms with Crippen LogP contribution in [0.5, 0.6) is 0 Å². The van der Waals surface area contributed by atoms with E-state index in [1.54, 1.807) is 0 Å². The molecule has 8 nitrogen and oxygen atoms in total. The Morgan fingerprint density at radius 2 is 2.17 bits per heavy atom. The molecule has 0 radical (unpaired) electrons. The molecule has 0 bridgehead atoms. The molecule has 0 spiro atoms. The lowest BCUT2D eigenvalue weighted by atomic mass is 9.74. The number of aliphatic hydroxyl groups is 1. The van der Waals surface area contributed by atoms with E-state index < -0.39 is 27.5 Å². The number of aliphatic carboxylic acids is 1. The summed E-state index contributed by atoms with van der Waals surface area (Å²) < 4.78 is 28.1. The standard InChI is InChI=1S/C14H23N3O5S/c1-3-6-14(13(19)20)10-17(7-5-12(14)18)23(21,22)11-8-15-16(4-2)9-11/h8-9,12,18H,3-7,10H2,1-2H3,(H,19,20)/t12-,14-/m1/s1. The third kappa shape index (κ3) is 3.13. The van der Waals surface area contributed by atoms with Crippen LogP contribution in [0.2, 0.25) is 0 Å². The predicted molar refractivity (Wildman–Crippen MR) is 82.3 cm³/mol. The minimum absolute atomic E-state index is 0.0477. The van der Waals surface area contributed by atoms with Crippen molar-refractivity contribution >= 4 is 16.0 Å². The second kappa shape index (κ2) is 6.58. The number of hydrogen-bond donors (Lipinski definition) is 2. The van der Waals surface area contributed by atoms with Crippen molar-refractivity contribution in [2.75, 3.05) is 13.1 Å². The molecular formula is C14H23N3O5S. The van der Waals surface area contributed by atoms with Crippen molar-refractivity contribution < 1.29 is 23.4 Å². The van der Waals surface area contributed by atoms with Gasteiger partial charge in [-0.3, -0.25) is 9.48 Å². The molecule has 1 fully saturated rings. The lowest BCUT2D eigenvalue weighted by Crippen LogP contribution is -2.57. The molecule has 2 N–H and O–H groups in total. The summed E-state index contributed by atoms with van der Waals surface area (Å²) >= 11 is 0. The average molecular weight is 345 g/mol. The van der Waals surface area contributed by atoms with Gasteiger partial charge in [-0.25, -0.2) is 8.42 Å². The van der Waals surface area contributed by atoms with E-state index >= 15 is 0 Å². The molecule has 23 heavy (non-hydrogen) atoms. The number of nitrogens with zero attached hydrogens (tertiary/aromatic N) is 3. The maximum absolute atomic E-state index is 12.7. The number of carboxylic acid groups (broad SMARTS) is 1. The molecule has 2 rings (SSSR count). The quantitative estimate of drug-likeness (QED) is 0.777. The van der Waals surface area contributed by atoms with Crippen LogP contribution in [-0.2, 0) is 21.4 Å². The molecular weight excluding hydrogens is 322 g/mol. The van der Waals surface area contributed by atoms with Crippen LogP contribution in [0.25, 0.3) is 0 Å². The Balaban J connectivity index is 2.34. The maximum Gasteiger partial charge on any atom is 0.313 e. The number of piperidine rings is 1. The van der Waals surface area contributed by atoms with E-state index in [2.05, 4.69) is 5.10 Å². The second-order valence-corrected chi connectivity index (χ2v) is 7.82. The number of rotatable bonds is 6. The van der Waals surface area contributed by atoms with Crippen LogP contribution >= 0.6 is 0 Å². The van der Waals surface area contributed by atoms with Crippen molar-refractivity contribution in [2.45, 2.75) is 50.7 Å². The van der Waals surface area contributed by atoms with E-state index in [-0.39, 0.29) is 30.8 Å². The Morgan fingerprint density at radius 1 is 1.48 bits per heavy atom. The Bertz CT molecular complexity index is 672. The zero-order valence-corrected chi connectivity index (χ0v) is 14.2. The Kier molecular flexibility index (Phi) is 5.12. The minimum Gasteiger partial charge on any atom is -0.481 e. The van der Waals surface area contributed by atoms with Gasteiger partial charge in [0.1, 0.15) is 10.3 Å². The number of sulfonamides is 1. The van der Waals surface area contributed by atoms with Gasteiger partial charge in [0.2, 0.25) is 10.0 Å². The highest BCUT2D eigenvalue weighted by atomic mass is 32.2. The van der Waals surface area contributed by atoms with Crippen molar-refractivity contribution in [1.29, 1.82) is 0 Å². The molecule has 1 aromatic heterocycles. The fourth-order valence-corrected chi connectivity index (χ4v) is 4.54. The molecule has 0 aliphatic carbocycles. The Labute approximate surface area is 135 Å². The predicted octanol–water partition coefficient (Wildman–Crippen LogP) is 0.529. The zero-order chi connectivity index (χ0) is 17.3. The van der Waals surface area contributed by atoms with E-state index in [1.165, 1.54) is 17.1 Å². The van der Waals surface area contributed by atoms with Gasteiger partial charge >= 0.3 is 5.97 Å². The lowest BCUT2D eigenvalue weighted by molar-refractivity contribution is -0.161. The molecule has 0 unspecified atom stereocenters. The highest BCUT2D eigenvalue weighted by Crippen LogP contribution is 2.37. The van der Waals surface area contributed by atoms with Crippen LogP contribution in [0.4, 0.5) is 0 Å². The molecule has 1 aliphatic heterocycles. The molecule has 9 heteroatoms. The van der Waals surface area contributed by atoms with Gasteiger partial charge in [0.25, 0.3) is 0 Å². The van der Waals surface area contributed by atoms with Gasteiger partial charge in [-0.2, -0.15) is 9.40 Å². The van der Waals surface area contributed by atoms with E-state index in [4.69, 9.17) is 0 Å². The summed E-state index contributed by atoms with van der Waals surface area (Å²) in [7, 11) is -3.82. The van der Waals surface area contributed by atoms with E-state index in [0.29, 0.717) is 13.0 Å². The Morgan fingerprint density at radius 3 is 2.70 bits per heavy atom. The number of aryl methyl sites for hydroxylation is 1. The number of hydrogen-bond acceptors (Lipinski definition) is 5. The van der Waals surface area contributed by atoms with E-state index in [1.807, 2.05) is 13.8 Å². The van der Waals surface area contributed by atoms with Gasteiger partial charge < -0.3 is 10.2 Å². The summed E-state index contributed by atoms with van der Waals surface area (Å²) in [6.45, 7) is 4.08. The van der Waals surface area contributed by atoms with E-state index in [0.717, 1.165) is 4.31 Å². The van der Waals surface area contributed by atoms with Crippen molar-refractivity contribution in [3.63, 3.8) is 0 Å². The van der Waals surface area contributed by atoms with Gasteiger partial charge in [0.15, 0.2) is 0 Å². The Hall–Kier alpha value is -1.45. The third-order valence-corrected chi connectivity index (χ3v) is 6.24. The number of carboxylic acids is 1. The van der Waals surface area contributed by atoms with Crippen molar-refractivity contribution in [3.8, 4) is 0 Å². The fraction of sp³-hybridized carbons (Fsp3) is 0.714. The molecule has 1 saturated heterocycles. The molecule has 1 aromatic rings. The van der Waals surface area contributed by atoms with Gasteiger partial charge in [-0.05, 0) is 19.8 Å². The first kappa shape index (κ1) is 17.9. The second-order valence-electron chi connectivity index (χ2n) is 5.89. The third-order valence-electron chi connectivity index (χ3n) is 4.44. The summed E-state index contributed by atoms with van der Waals surface area (Å²) in [5, 5.41) is 23.8.